The van der Waals surface area contributed by atoms with Crippen molar-refractivity contribution in [3.63, 3.8) is 0 Å². The van der Waals surface area contributed by atoms with Crippen molar-refractivity contribution in [3.8, 4) is 11.4 Å². The normalized spacial score (nSPS) is 19.6. The second kappa shape index (κ2) is 4.67. The lowest BCUT2D eigenvalue weighted by atomic mass is 10.00. The number of hydrogen-bond acceptors (Lipinski definition) is 3. The Morgan fingerprint density at radius 3 is 2.94 bits per heavy atom. The van der Waals surface area contributed by atoms with Crippen molar-refractivity contribution in [1.82, 2.24) is 20.5 Å². The molecule has 3 rings (SSSR count). The number of nitrogens with zero attached hydrogens (tertiary/aromatic N) is 2. The fourth-order valence-corrected chi connectivity index (χ4v) is 2.33. The van der Waals surface area contributed by atoms with E-state index in [1.54, 1.807) is 6.20 Å². The van der Waals surface area contributed by atoms with E-state index in [2.05, 4.69) is 32.6 Å². The van der Waals surface area contributed by atoms with Gasteiger partial charge in [-0.1, -0.05) is 6.07 Å². The minimum absolute atomic E-state index is 0.773. The van der Waals surface area contributed by atoms with Gasteiger partial charge in [0.15, 0.2) is 0 Å². The molecule has 1 atom stereocenters. The lowest BCUT2D eigenvalue weighted by Gasteiger charge is -2.07. The van der Waals surface area contributed by atoms with Crippen molar-refractivity contribution in [1.29, 1.82) is 0 Å². The van der Waals surface area contributed by atoms with Crippen molar-refractivity contribution in [2.24, 2.45) is 5.92 Å². The van der Waals surface area contributed by atoms with Gasteiger partial charge >= 0.3 is 0 Å². The van der Waals surface area contributed by atoms with Gasteiger partial charge in [0.25, 0.3) is 0 Å². The van der Waals surface area contributed by atoms with Gasteiger partial charge in [0.1, 0.15) is 0 Å². The van der Waals surface area contributed by atoms with Gasteiger partial charge in [0.05, 0.1) is 11.4 Å². The number of aromatic amines is 1. The predicted molar refractivity (Wildman–Crippen MR) is 66.5 cm³/mol. The van der Waals surface area contributed by atoms with Crippen LogP contribution in [0, 0.1) is 5.92 Å². The summed E-state index contributed by atoms with van der Waals surface area (Å²) in [6.45, 7) is 2.30. The molecule has 3 heterocycles. The van der Waals surface area contributed by atoms with Crippen LogP contribution in [0.4, 0.5) is 0 Å². The van der Waals surface area contributed by atoms with E-state index in [0.29, 0.717) is 0 Å². The first-order chi connectivity index (χ1) is 8.42. The third-order valence-electron chi connectivity index (χ3n) is 3.29. The van der Waals surface area contributed by atoms with Crippen molar-refractivity contribution in [2.45, 2.75) is 12.8 Å². The molecule has 2 aromatic rings. The molecule has 1 aliphatic heterocycles. The van der Waals surface area contributed by atoms with E-state index in [1.807, 2.05) is 12.3 Å². The van der Waals surface area contributed by atoms with Crippen molar-refractivity contribution >= 4 is 0 Å². The molecule has 17 heavy (non-hydrogen) atoms. The molecule has 0 aromatic carbocycles. The second-order valence-corrected chi connectivity index (χ2v) is 4.58. The minimum atomic E-state index is 0.773. The molecule has 0 radical (unpaired) electrons. The van der Waals surface area contributed by atoms with E-state index >= 15 is 0 Å². The van der Waals surface area contributed by atoms with Crippen LogP contribution in [-0.4, -0.2) is 28.3 Å². The molecule has 88 valence electrons. The SMILES string of the molecule is c1cc(-c2ccc(C[C@H]3CCNC3)cn2)[nH]n1. The molecule has 0 bridgehead atoms. The number of rotatable bonds is 3. The highest BCUT2D eigenvalue weighted by Gasteiger charge is 2.14. The maximum atomic E-state index is 4.47. The number of hydrogen-bond donors (Lipinski definition) is 2. The molecule has 0 aliphatic carbocycles. The van der Waals surface area contributed by atoms with Crippen LogP contribution < -0.4 is 5.32 Å². The Balaban J connectivity index is 1.71. The number of aromatic nitrogens is 3. The molecule has 0 unspecified atom stereocenters. The molecule has 1 saturated heterocycles. The third kappa shape index (κ3) is 2.36. The lowest BCUT2D eigenvalue weighted by Crippen LogP contribution is -2.10. The smallest absolute Gasteiger partial charge is 0.0880 e. The summed E-state index contributed by atoms with van der Waals surface area (Å²) < 4.78 is 0. The second-order valence-electron chi connectivity index (χ2n) is 4.58. The van der Waals surface area contributed by atoms with Crippen molar-refractivity contribution in [2.75, 3.05) is 13.1 Å². The quantitative estimate of drug-likeness (QED) is 0.839. The van der Waals surface area contributed by atoms with Crippen LogP contribution >= 0.6 is 0 Å². The molecular weight excluding hydrogens is 212 g/mol. The van der Waals surface area contributed by atoms with Gasteiger partial charge in [-0.25, -0.2) is 0 Å². The summed E-state index contributed by atoms with van der Waals surface area (Å²) in [6.07, 6.45) is 6.13. The number of H-pyrrole nitrogens is 1. The lowest BCUT2D eigenvalue weighted by molar-refractivity contribution is 0.579. The van der Waals surface area contributed by atoms with Crippen LogP contribution in [0.25, 0.3) is 11.4 Å². The fraction of sp³-hybridized carbons (Fsp3) is 0.385. The Labute approximate surface area is 100 Å². The van der Waals surface area contributed by atoms with Gasteiger partial charge in [0.2, 0.25) is 0 Å². The summed E-state index contributed by atoms with van der Waals surface area (Å²) in [5.41, 5.74) is 3.25. The largest absolute Gasteiger partial charge is 0.316 e. The van der Waals surface area contributed by atoms with Crippen LogP contribution in [0.15, 0.2) is 30.6 Å². The Bertz CT molecular complexity index is 455. The first kappa shape index (κ1) is 10.5. The monoisotopic (exact) mass is 228 g/mol. The standard InChI is InChI=1S/C13H16N4/c1-2-12(13-4-6-16-17-13)15-9-10(1)7-11-3-5-14-8-11/h1-2,4,6,9,11,14H,3,5,7-8H2,(H,16,17)/t11-/m1/s1. The van der Waals surface area contributed by atoms with Gasteiger partial charge in [-0.05, 0) is 49.5 Å². The Morgan fingerprint density at radius 2 is 2.29 bits per heavy atom. The van der Waals surface area contributed by atoms with Crippen LogP contribution in [0.3, 0.4) is 0 Å². The summed E-state index contributed by atoms with van der Waals surface area (Å²) in [4.78, 5) is 4.47. The van der Waals surface area contributed by atoms with E-state index < -0.39 is 0 Å². The van der Waals surface area contributed by atoms with Crippen LogP contribution in [0.1, 0.15) is 12.0 Å². The molecule has 2 aromatic heterocycles. The maximum Gasteiger partial charge on any atom is 0.0880 e. The molecule has 0 saturated carbocycles. The summed E-state index contributed by atoms with van der Waals surface area (Å²) >= 11 is 0. The summed E-state index contributed by atoms with van der Waals surface area (Å²) in [5.74, 6) is 0.773. The van der Waals surface area contributed by atoms with E-state index in [9.17, 15) is 0 Å². The Kier molecular flexibility index (Phi) is 2.88. The fourth-order valence-electron chi connectivity index (χ4n) is 2.33. The highest BCUT2D eigenvalue weighted by Crippen LogP contribution is 2.17. The van der Waals surface area contributed by atoms with Crippen LogP contribution in [0.2, 0.25) is 0 Å². The Hall–Kier alpha value is -1.68. The van der Waals surface area contributed by atoms with E-state index in [4.69, 9.17) is 0 Å². The average Bonchev–Trinajstić information content (AvgIpc) is 3.01. The zero-order valence-corrected chi connectivity index (χ0v) is 9.69. The highest BCUT2D eigenvalue weighted by atomic mass is 15.1. The summed E-state index contributed by atoms with van der Waals surface area (Å²) in [5, 5.41) is 10.2. The molecule has 2 N–H and O–H groups in total. The minimum Gasteiger partial charge on any atom is -0.316 e. The van der Waals surface area contributed by atoms with Gasteiger partial charge in [-0.2, -0.15) is 5.10 Å². The molecule has 1 fully saturated rings. The van der Waals surface area contributed by atoms with Crippen molar-refractivity contribution in [3.05, 3.63) is 36.2 Å². The summed E-state index contributed by atoms with van der Waals surface area (Å²) in [7, 11) is 0. The molecule has 0 spiro atoms. The number of nitrogens with one attached hydrogen (secondary N) is 2. The van der Waals surface area contributed by atoms with Crippen molar-refractivity contribution < 1.29 is 0 Å². The molecular formula is C13H16N4. The third-order valence-corrected chi connectivity index (χ3v) is 3.29. The highest BCUT2D eigenvalue weighted by molar-refractivity contribution is 5.52. The molecule has 1 aliphatic rings. The first-order valence-electron chi connectivity index (χ1n) is 6.07. The molecule has 4 nitrogen and oxygen atoms in total. The van der Waals surface area contributed by atoms with E-state index in [0.717, 1.165) is 36.8 Å². The van der Waals surface area contributed by atoms with Gasteiger partial charge < -0.3 is 5.32 Å². The molecule has 4 heteroatoms. The first-order valence-corrected chi connectivity index (χ1v) is 6.07. The van der Waals surface area contributed by atoms with Crippen LogP contribution in [0.5, 0.6) is 0 Å². The van der Waals surface area contributed by atoms with E-state index in [1.165, 1.54) is 12.0 Å². The van der Waals surface area contributed by atoms with Gasteiger partial charge in [-0.3, -0.25) is 10.1 Å². The zero-order valence-electron chi connectivity index (χ0n) is 9.69. The van der Waals surface area contributed by atoms with Gasteiger partial charge in [-0.15, -0.1) is 0 Å². The zero-order chi connectivity index (χ0) is 11.5. The average molecular weight is 228 g/mol. The Morgan fingerprint density at radius 1 is 1.29 bits per heavy atom. The number of pyridine rings is 1. The van der Waals surface area contributed by atoms with Crippen LogP contribution in [-0.2, 0) is 6.42 Å². The van der Waals surface area contributed by atoms with Gasteiger partial charge in [0, 0.05) is 12.4 Å². The topological polar surface area (TPSA) is 53.6 Å². The predicted octanol–water partition coefficient (Wildman–Crippen LogP) is 1.62. The van der Waals surface area contributed by atoms with E-state index in [-0.39, 0.29) is 0 Å². The molecule has 0 amide bonds. The maximum absolute atomic E-state index is 4.47. The summed E-state index contributed by atoms with van der Waals surface area (Å²) in [6, 6.07) is 6.16.